The lowest BCUT2D eigenvalue weighted by Gasteiger charge is -2.16. The normalized spacial score (nSPS) is 10.2. The molecule has 0 unspecified atom stereocenters. The van der Waals surface area contributed by atoms with Crippen molar-refractivity contribution in [1.29, 1.82) is 0 Å². The highest BCUT2D eigenvalue weighted by Crippen LogP contribution is 2.28. The van der Waals surface area contributed by atoms with E-state index in [4.69, 9.17) is 5.73 Å². The van der Waals surface area contributed by atoms with Crippen molar-refractivity contribution >= 4 is 28.2 Å². The first kappa shape index (κ1) is 14.5. The van der Waals surface area contributed by atoms with Crippen LogP contribution in [0.25, 0.3) is 0 Å². The molecule has 6 heteroatoms. The van der Waals surface area contributed by atoms with E-state index in [0.717, 1.165) is 18.2 Å². The number of carbonyl (C=O) groups is 1. The average molecular weight is 268 g/mol. The summed E-state index contributed by atoms with van der Waals surface area (Å²) in [4.78, 5) is 20.5. The highest BCUT2D eigenvalue weighted by atomic mass is 32.1. The number of nitrogens with zero attached hydrogens (tertiary/aromatic N) is 3. The lowest BCUT2D eigenvalue weighted by atomic mass is 10.4. The topological polar surface area (TPSA) is 62.5 Å². The summed E-state index contributed by atoms with van der Waals surface area (Å²) in [5, 5.41) is 0.799. The number of hydrogen-bond acceptors (Lipinski definition) is 5. The third-order valence-electron chi connectivity index (χ3n) is 2.62. The minimum atomic E-state index is -0.108. The number of aromatic nitrogens is 1. The van der Waals surface area contributed by atoms with Crippen molar-refractivity contribution in [2.75, 3.05) is 37.3 Å². The second kappa shape index (κ2) is 6.39. The van der Waals surface area contributed by atoms with Gasteiger partial charge in [0.15, 0.2) is 5.13 Å². The van der Waals surface area contributed by atoms with Gasteiger partial charge in [-0.3, -0.25) is 4.79 Å². The van der Waals surface area contributed by atoms with Gasteiger partial charge in [0.2, 0.25) is 0 Å². The van der Waals surface area contributed by atoms with E-state index >= 15 is 0 Å². The molecular weight excluding hydrogens is 248 g/mol. The summed E-state index contributed by atoms with van der Waals surface area (Å²) in [6, 6.07) is 0. The Kier molecular flexibility index (Phi) is 5.15. The SMILES string of the molecule is C=CCN(C)C(=O)c1sc(N(CC)CC)nc1N. The van der Waals surface area contributed by atoms with E-state index in [1.807, 2.05) is 13.8 Å². The predicted octanol–water partition coefficient (Wildman–Crippen LogP) is 1.83. The minimum absolute atomic E-state index is 0.108. The van der Waals surface area contributed by atoms with Crippen LogP contribution in [0, 0.1) is 0 Å². The Hall–Kier alpha value is -1.56. The van der Waals surface area contributed by atoms with E-state index < -0.39 is 0 Å². The zero-order valence-corrected chi connectivity index (χ0v) is 12.0. The number of nitrogen functional groups attached to an aromatic ring is 1. The first-order valence-corrected chi connectivity index (χ1v) is 6.74. The number of nitrogens with two attached hydrogens (primary N) is 1. The average Bonchev–Trinajstić information content (AvgIpc) is 2.72. The quantitative estimate of drug-likeness (QED) is 0.800. The van der Waals surface area contributed by atoms with Gasteiger partial charge in [-0.1, -0.05) is 17.4 Å². The van der Waals surface area contributed by atoms with Crippen molar-refractivity contribution in [3.05, 3.63) is 17.5 Å². The number of anilines is 2. The smallest absolute Gasteiger partial charge is 0.267 e. The molecule has 0 bridgehead atoms. The molecule has 0 aliphatic carbocycles. The van der Waals surface area contributed by atoms with E-state index in [1.54, 1.807) is 18.0 Å². The second-order valence-electron chi connectivity index (χ2n) is 3.86. The maximum absolute atomic E-state index is 12.1. The zero-order valence-electron chi connectivity index (χ0n) is 11.1. The molecule has 5 nitrogen and oxygen atoms in total. The minimum Gasteiger partial charge on any atom is -0.382 e. The molecular formula is C12H20N4OS. The molecule has 100 valence electrons. The van der Waals surface area contributed by atoms with Gasteiger partial charge in [0.05, 0.1) is 0 Å². The Balaban J connectivity index is 2.97. The molecule has 0 aliphatic heterocycles. The van der Waals surface area contributed by atoms with Gasteiger partial charge < -0.3 is 15.5 Å². The van der Waals surface area contributed by atoms with Crippen LogP contribution in [0.4, 0.5) is 10.9 Å². The molecule has 0 saturated carbocycles. The van der Waals surface area contributed by atoms with Gasteiger partial charge >= 0.3 is 0 Å². The molecule has 18 heavy (non-hydrogen) atoms. The molecule has 1 amide bonds. The van der Waals surface area contributed by atoms with Gasteiger partial charge in [0.25, 0.3) is 5.91 Å². The Bertz CT molecular complexity index is 426. The largest absolute Gasteiger partial charge is 0.382 e. The van der Waals surface area contributed by atoms with Crippen molar-refractivity contribution < 1.29 is 4.79 Å². The summed E-state index contributed by atoms with van der Waals surface area (Å²) in [5.41, 5.74) is 5.82. The number of carbonyl (C=O) groups excluding carboxylic acids is 1. The standard InChI is InChI=1S/C12H20N4OS/c1-5-8-15(4)11(17)9-10(13)14-12(18-9)16(6-2)7-3/h5H,1,6-8,13H2,2-4H3. The van der Waals surface area contributed by atoms with Crippen LogP contribution in [0.15, 0.2) is 12.7 Å². The second-order valence-corrected chi connectivity index (χ2v) is 4.83. The molecule has 0 aromatic carbocycles. The van der Waals surface area contributed by atoms with Crippen molar-refractivity contribution in [3.8, 4) is 0 Å². The summed E-state index contributed by atoms with van der Waals surface area (Å²) in [7, 11) is 1.72. The van der Waals surface area contributed by atoms with Crippen LogP contribution in [0.1, 0.15) is 23.5 Å². The monoisotopic (exact) mass is 268 g/mol. The lowest BCUT2D eigenvalue weighted by Crippen LogP contribution is -2.26. The summed E-state index contributed by atoms with van der Waals surface area (Å²) < 4.78 is 0. The van der Waals surface area contributed by atoms with Crippen LogP contribution in [0.3, 0.4) is 0 Å². The maximum atomic E-state index is 12.1. The third kappa shape index (κ3) is 3.01. The predicted molar refractivity (Wildman–Crippen MR) is 77.2 cm³/mol. The molecule has 1 aromatic heterocycles. The molecule has 0 atom stereocenters. The summed E-state index contributed by atoms with van der Waals surface area (Å²) in [5.74, 6) is 0.200. The van der Waals surface area contributed by atoms with E-state index in [1.165, 1.54) is 11.3 Å². The van der Waals surface area contributed by atoms with Crippen molar-refractivity contribution in [2.24, 2.45) is 0 Å². The summed E-state index contributed by atoms with van der Waals surface area (Å²) in [6.45, 7) is 9.90. The van der Waals surface area contributed by atoms with E-state index in [9.17, 15) is 4.79 Å². The van der Waals surface area contributed by atoms with Crippen LogP contribution in [-0.4, -0.2) is 42.5 Å². The fourth-order valence-electron chi connectivity index (χ4n) is 1.55. The number of thiazole rings is 1. The Morgan fingerprint density at radius 1 is 1.50 bits per heavy atom. The summed E-state index contributed by atoms with van der Waals surface area (Å²) in [6.07, 6.45) is 1.68. The summed E-state index contributed by atoms with van der Waals surface area (Å²) >= 11 is 1.34. The van der Waals surface area contributed by atoms with Crippen molar-refractivity contribution in [2.45, 2.75) is 13.8 Å². The molecule has 0 radical (unpaired) electrons. The molecule has 1 heterocycles. The Labute approximate surface area is 112 Å². The highest BCUT2D eigenvalue weighted by Gasteiger charge is 2.20. The van der Waals surface area contributed by atoms with Gasteiger partial charge in [0, 0.05) is 26.7 Å². The van der Waals surface area contributed by atoms with Crippen LogP contribution in [-0.2, 0) is 0 Å². The Morgan fingerprint density at radius 2 is 2.11 bits per heavy atom. The zero-order chi connectivity index (χ0) is 13.7. The number of amides is 1. The fraction of sp³-hybridized carbons (Fsp3) is 0.500. The van der Waals surface area contributed by atoms with E-state index in [2.05, 4.69) is 16.5 Å². The first-order valence-electron chi connectivity index (χ1n) is 5.92. The number of likely N-dealkylation sites (N-methyl/N-ethyl adjacent to an activating group) is 1. The van der Waals surface area contributed by atoms with Gasteiger partial charge in [-0.25, -0.2) is 4.98 Å². The van der Waals surface area contributed by atoms with Crippen molar-refractivity contribution in [3.63, 3.8) is 0 Å². The molecule has 0 aliphatic rings. The fourth-order valence-corrected chi connectivity index (χ4v) is 2.66. The first-order chi connectivity index (χ1) is 8.54. The van der Waals surface area contributed by atoms with Gasteiger partial charge in [0.1, 0.15) is 10.7 Å². The van der Waals surface area contributed by atoms with Gasteiger partial charge in [-0.15, -0.1) is 6.58 Å². The van der Waals surface area contributed by atoms with Crippen molar-refractivity contribution in [1.82, 2.24) is 9.88 Å². The lowest BCUT2D eigenvalue weighted by molar-refractivity contribution is 0.0815. The molecule has 1 aromatic rings. The molecule has 1 rings (SSSR count). The van der Waals surface area contributed by atoms with Crippen LogP contribution in [0.2, 0.25) is 0 Å². The number of rotatable bonds is 6. The maximum Gasteiger partial charge on any atom is 0.267 e. The third-order valence-corrected chi connectivity index (χ3v) is 3.74. The number of hydrogen-bond donors (Lipinski definition) is 1. The Morgan fingerprint density at radius 3 is 2.61 bits per heavy atom. The van der Waals surface area contributed by atoms with Gasteiger partial charge in [-0.05, 0) is 13.8 Å². The highest BCUT2D eigenvalue weighted by molar-refractivity contribution is 7.18. The van der Waals surface area contributed by atoms with Crippen LogP contribution < -0.4 is 10.6 Å². The molecule has 0 spiro atoms. The van der Waals surface area contributed by atoms with E-state index in [0.29, 0.717) is 17.2 Å². The molecule has 0 saturated heterocycles. The molecule has 2 N–H and O–H groups in total. The van der Waals surface area contributed by atoms with Crippen LogP contribution >= 0.6 is 11.3 Å². The molecule has 0 fully saturated rings. The van der Waals surface area contributed by atoms with Gasteiger partial charge in [-0.2, -0.15) is 0 Å². The van der Waals surface area contributed by atoms with E-state index in [-0.39, 0.29) is 5.91 Å². The van der Waals surface area contributed by atoms with Crippen LogP contribution in [0.5, 0.6) is 0 Å².